The van der Waals surface area contributed by atoms with Crippen molar-refractivity contribution in [2.45, 2.75) is 39.3 Å². The first-order valence-corrected chi connectivity index (χ1v) is 10.0. The molecular formula is C21H31ClN2O2+2. The molecule has 142 valence electrons. The highest BCUT2D eigenvalue weighted by Gasteiger charge is 2.04. The summed E-state index contributed by atoms with van der Waals surface area (Å²) in [7, 11) is 0. The highest BCUT2D eigenvalue weighted by molar-refractivity contribution is 6.17. The molecule has 0 aliphatic heterocycles. The summed E-state index contributed by atoms with van der Waals surface area (Å²) in [5.41, 5.74) is 2.72. The fourth-order valence-corrected chi connectivity index (χ4v) is 2.75. The fourth-order valence-electron chi connectivity index (χ4n) is 2.64. The molecule has 0 spiro atoms. The maximum Gasteiger partial charge on any atom is 0.171 e. The Hall–Kier alpha value is -1.49. The Labute approximate surface area is 162 Å². The minimum Gasteiger partial charge on any atom is -0.375 e. The van der Waals surface area contributed by atoms with Crippen molar-refractivity contribution >= 4 is 11.6 Å². The van der Waals surface area contributed by atoms with Gasteiger partial charge in [-0.15, -0.1) is 11.6 Å². The lowest BCUT2D eigenvalue weighted by Crippen LogP contribution is -2.35. The van der Waals surface area contributed by atoms with Crippen molar-refractivity contribution in [2.75, 3.05) is 32.3 Å². The molecule has 0 amide bonds. The van der Waals surface area contributed by atoms with Crippen molar-refractivity contribution in [3.63, 3.8) is 0 Å². The molecule has 0 saturated carbocycles. The van der Waals surface area contributed by atoms with Crippen molar-refractivity contribution in [3.8, 4) is 0 Å². The highest BCUT2D eigenvalue weighted by Crippen LogP contribution is 2.04. The van der Waals surface area contributed by atoms with E-state index in [0.29, 0.717) is 19.1 Å². The van der Waals surface area contributed by atoms with Gasteiger partial charge in [0.05, 0.1) is 6.61 Å². The average molecular weight is 379 g/mol. The number of aromatic nitrogens is 2. The largest absolute Gasteiger partial charge is 0.375 e. The van der Waals surface area contributed by atoms with Gasteiger partial charge in [0.25, 0.3) is 0 Å². The van der Waals surface area contributed by atoms with Gasteiger partial charge >= 0.3 is 0 Å². The molecule has 0 aliphatic rings. The number of pyridine rings is 2. The lowest BCUT2D eigenvalue weighted by atomic mass is 10.1. The zero-order chi connectivity index (χ0) is 18.5. The molecular weight excluding hydrogens is 348 g/mol. The molecule has 26 heavy (non-hydrogen) atoms. The lowest BCUT2D eigenvalue weighted by molar-refractivity contribution is -0.698. The zero-order valence-electron chi connectivity index (χ0n) is 15.8. The van der Waals surface area contributed by atoms with Crippen LogP contribution in [0, 0.1) is 0 Å². The summed E-state index contributed by atoms with van der Waals surface area (Å²) < 4.78 is 15.3. The fraction of sp³-hybridized carbons (Fsp3) is 0.524. The van der Waals surface area contributed by atoms with Gasteiger partial charge in [0.1, 0.15) is 13.2 Å². The van der Waals surface area contributed by atoms with Gasteiger partial charge < -0.3 is 9.47 Å². The minimum atomic E-state index is 0.551. The molecule has 0 atom stereocenters. The van der Waals surface area contributed by atoms with Crippen molar-refractivity contribution in [1.29, 1.82) is 0 Å². The molecule has 2 rings (SSSR count). The third kappa shape index (κ3) is 8.26. The van der Waals surface area contributed by atoms with Crippen LogP contribution < -0.4 is 9.13 Å². The molecule has 0 N–H and O–H groups in total. The molecule has 4 nitrogen and oxygen atoms in total. The highest BCUT2D eigenvalue weighted by atomic mass is 35.5. The van der Waals surface area contributed by atoms with Crippen molar-refractivity contribution in [3.05, 3.63) is 60.2 Å². The summed E-state index contributed by atoms with van der Waals surface area (Å²) in [4.78, 5) is 0. The quantitative estimate of drug-likeness (QED) is 0.304. The number of rotatable bonds is 13. The van der Waals surface area contributed by atoms with Gasteiger partial charge in [0.15, 0.2) is 37.9 Å². The van der Waals surface area contributed by atoms with E-state index in [-0.39, 0.29) is 0 Å². The maximum atomic E-state index is 5.59. The second kappa shape index (κ2) is 12.8. The summed E-state index contributed by atoms with van der Waals surface area (Å²) in [6.45, 7) is 6.83. The molecule has 0 bridgehead atoms. The Morgan fingerprint density at radius 3 is 1.62 bits per heavy atom. The second-order valence-electron chi connectivity index (χ2n) is 6.30. The maximum absolute atomic E-state index is 5.59. The van der Waals surface area contributed by atoms with E-state index in [1.807, 2.05) is 0 Å². The third-order valence-electron chi connectivity index (χ3n) is 4.18. The number of alkyl halides is 1. The number of nitrogens with zero attached hydrogens (tertiary/aromatic N) is 2. The van der Waals surface area contributed by atoms with E-state index in [2.05, 4.69) is 65.1 Å². The van der Waals surface area contributed by atoms with Crippen LogP contribution in [0.5, 0.6) is 0 Å². The predicted molar refractivity (Wildman–Crippen MR) is 103 cm³/mol. The van der Waals surface area contributed by atoms with Gasteiger partial charge in [0.2, 0.25) is 0 Å². The number of hydrogen-bond donors (Lipinski definition) is 0. The van der Waals surface area contributed by atoms with Crippen LogP contribution >= 0.6 is 11.6 Å². The van der Waals surface area contributed by atoms with Crippen LogP contribution in [-0.2, 0) is 35.4 Å². The van der Waals surface area contributed by atoms with Gasteiger partial charge in [-0.25, -0.2) is 9.13 Å². The van der Waals surface area contributed by atoms with E-state index in [9.17, 15) is 0 Å². The minimum absolute atomic E-state index is 0.551. The van der Waals surface area contributed by atoms with E-state index >= 15 is 0 Å². The molecule has 0 radical (unpaired) electrons. The van der Waals surface area contributed by atoms with Crippen LogP contribution in [0.4, 0.5) is 0 Å². The Morgan fingerprint density at radius 2 is 1.19 bits per heavy atom. The average Bonchev–Trinajstić information content (AvgIpc) is 2.69. The Bertz CT molecular complexity index is 547. The number of aryl methyl sites for hydroxylation is 2. The van der Waals surface area contributed by atoms with Crippen LogP contribution in [0.3, 0.4) is 0 Å². The molecule has 0 fully saturated rings. The van der Waals surface area contributed by atoms with Crippen molar-refractivity contribution in [1.82, 2.24) is 0 Å². The summed E-state index contributed by atoms with van der Waals surface area (Å²) in [6, 6.07) is 8.79. The Kier molecular flexibility index (Phi) is 10.2. The molecule has 0 aromatic carbocycles. The Morgan fingerprint density at radius 1 is 0.731 bits per heavy atom. The van der Waals surface area contributed by atoms with Crippen LogP contribution in [0.25, 0.3) is 0 Å². The lowest BCUT2D eigenvalue weighted by Gasteiger charge is -2.03. The topological polar surface area (TPSA) is 26.2 Å². The first-order valence-electron chi connectivity index (χ1n) is 9.49. The van der Waals surface area contributed by atoms with Gasteiger partial charge in [-0.2, -0.15) is 0 Å². The first-order chi connectivity index (χ1) is 12.8. The number of halogens is 1. The van der Waals surface area contributed by atoms with Crippen LogP contribution in [0.15, 0.2) is 49.1 Å². The summed E-state index contributed by atoms with van der Waals surface area (Å²) in [5, 5.41) is 0. The molecule has 0 unspecified atom stereocenters. The van der Waals surface area contributed by atoms with Crippen LogP contribution in [0.1, 0.15) is 24.5 Å². The van der Waals surface area contributed by atoms with E-state index in [1.54, 1.807) is 0 Å². The SMILES string of the molecule is CCCOCC[n+]1ccc(CCc2cc[n+](CCOCCCl)cc2)cc1. The van der Waals surface area contributed by atoms with Gasteiger partial charge in [-0.3, -0.25) is 0 Å². The second-order valence-corrected chi connectivity index (χ2v) is 6.68. The number of ether oxygens (including phenoxy) is 2. The van der Waals surface area contributed by atoms with Crippen molar-refractivity contribution < 1.29 is 18.6 Å². The number of hydrogen-bond acceptors (Lipinski definition) is 2. The molecule has 5 heteroatoms. The molecule has 0 aliphatic carbocycles. The molecule has 2 heterocycles. The predicted octanol–water partition coefficient (Wildman–Crippen LogP) is 2.73. The zero-order valence-corrected chi connectivity index (χ0v) is 16.5. The van der Waals surface area contributed by atoms with E-state index in [1.165, 1.54) is 11.1 Å². The monoisotopic (exact) mass is 378 g/mol. The normalized spacial score (nSPS) is 11.0. The summed E-state index contributed by atoms with van der Waals surface area (Å²) in [6.07, 6.45) is 11.7. The van der Waals surface area contributed by atoms with E-state index < -0.39 is 0 Å². The van der Waals surface area contributed by atoms with Crippen LogP contribution in [-0.4, -0.2) is 32.3 Å². The van der Waals surface area contributed by atoms with E-state index in [0.717, 1.165) is 45.6 Å². The molecule has 0 saturated heterocycles. The third-order valence-corrected chi connectivity index (χ3v) is 4.33. The van der Waals surface area contributed by atoms with Gasteiger partial charge in [0, 0.05) is 36.8 Å². The first kappa shape index (κ1) is 20.8. The standard InChI is InChI=1S/C21H31ClN2O2/c1-2-16-25-18-14-23-10-5-20(6-11-23)3-4-21-7-12-24(13-8-21)15-19-26-17-9-22/h5-8,10-13H,2-4,9,14-19H2,1H3/q+2. The van der Waals surface area contributed by atoms with Crippen molar-refractivity contribution in [2.24, 2.45) is 0 Å². The molecule has 2 aromatic rings. The van der Waals surface area contributed by atoms with Crippen LogP contribution in [0.2, 0.25) is 0 Å². The smallest absolute Gasteiger partial charge is 0.171 e. The van der Waals surface area contributed by atoms with E-state index in [4.69, 9.17) is 21.1 Å². The summed E-state index contributed by atoms with van der Waals surface area (Å²) >= 11 is 5.59. The molecule has 2 aromatic heterocycles. The van der Waals surface area contributed by atoms with Gasteiger partial charge in [-0.1, -0.05) is 6.92 Å². The van der Waals surface area contributed by atoms with Gasteiger partial charge in [-0.05, 0) is 30.4 Å². The summed E-state index contributed by atoms with van der Waals surface area (Å²) in [5.74, 6) is 0.551. The Balaban J connectivity index is 1.70.